The quantitative estimate of drug-likeness (QED) is 0.853. The molecule has 0 radical (unpaired) electrons. The van der Waals surface area contributed by atoms with Crippen LogP contribution in [0.5, 0.6) is 0 Å². The Morgan fingerprint density at radius 2 is 2.12 bits per heavy atom. The summed E-state index contributed by atoms with van der Waals surface area (Å²) in [6.07, 6.45) is 3.98. The lowest BCUT2D eigenvalue weighted by atomic mass is 10.2. The maximum absolute atomic E-state index is 11.9. The first-order valence-corrected chi connectivity index (χ1v) is 6.78. The van der Waals surface area contributed by atoms with E-state index in [1.54, 1.807) is 0 Å². The summed E-state index contributed by atoms with van der Waals surface area (Å²) in [5.41, 5.74) is 7.67. The van der Waals surface area contributed by atoms with Gasteiger partial charge in [0.05, 0.1) is 0 Å². The van der Waals surface area contributed by atoms with E-state index in [4.69, 9.17) is 5.73 Å². The Kier molecular flexibility index (Phi) is 4.05. The highest BCUT2D eigenvalue weighted by atomic mass is 79.9. The van der Waals surface area contributed by atoms with Crippen LogP contribution in [0.15, 0.2) is 22.7 Å². The number of halogens is 1. The van der Waals surface area contributed by atoms with Crippen molar-refractivity contribution in [2.45, 2.75) is 32.2 Å². The van der Waals surface area contributed by atoms with Crippen LogP contribution in [0.25, 0.3) is 0 Å². The maximum Gasteiger partial charge on any atom is 0.222 e. The van der Waals surface area contributed by atoms with Gasteiger partial charge in [0.15, 0.2) is 0 Å². The highest BCUT2D eigenvalue weighted by molar-refractivity contribution is 9.10. The fourth-order valence-electron chi connectivity index (χ4n) is 2.12. The van der Waals surface area contributed by atoms with Crippen LogP contribution in [-0.2, 0) is 11.3 Å². The molecule has 0 unspecified atom stereocenters. The van der Waals surface area contributed by atoms with Crippen molar-refractivity contribution in [1.29, 1.82) is 0 Å². The molecule has 1 fully saturated rings. The van der Waals surface area contributed by atoms with E-state index >= 15 is 0 Å². The Bertz CT molecular complexity index is 420. The number of nitrogen functional groups attached to an aromatic ring is 1. The number of amides is 1. The molecular formula is C13H17BrN2O. The van der Waals surface area contributed by atoms with E-state index in [0.29, 0.717) is 13.0 Å². The number of carbonyl (C=O) groups excluding carboxylic acids is 1. The second-order valence-corrected chi connectivity index (χ2v) is 5.34. The van der Waals surface area contributed by atoms with Crippen molar-refractivity contribution in [3.8, 4) is 0 Å². The molecule has 1 amide bonds. The number of likely N-dealkylation sites (tertiary alicyclic amines) is 1. The van der Waals surface area contributed by atoms with Gasteiger partial charge in [-0.15, -0.1) is 0 Å². The predicted octanol–water partition coefficient (Wildman–Crippen LogP) is 2.93. The van der Waals surface area contributed by atoms with Crippen molar-refractivity contribution in [3.05, 3.63) is 28.2 Å². The van der Waals surface area contributed by atoms with E-state index in [9.17, 15) is 4.79 Å². The molecular weight excluding hydrogens is 280 g/mol. The summed E-state index contributed by atoms with van der Waals surface area (Å²) < 4.78 is 0.906. The van der Waals surface area contributed by atoms with Gasteiger partial charge in [0.25, 0.3) is 0 Å². The average Bonchev–Trinajstić information content (AvgIpc) is 2.50. The summed E-state index contributed by atoms with van der Waals surface area (Å²) in [5, 5.41) is 0. The zero-order chi connectivity index (χ0) is 12.3. The molecule has 1 aromatic rings. The number of carbonyl (C=O) groups is 1. The zero-order valence-electron chi connectivity index (χ0n) is 9.79. The molecule has 1 aliphatic rings. The smallest absolute Gasteiger partial charge is 0.222 e. The molecule has 0 atom stereocenters. The normalized spacial score (nSPS) is 17.0. The van der Waals surface area contributed by atoms with E-state index < -0.39 is 0 Å². The van der Waals surface area contributed by atoms with Gasteiger partial charge in [0.1, 0.15) is 0 Å². The van der Waals surface area contributed by atoms with Crippen LogP contribution in [0.1, 0.15) is 31.2 Å². The monoisotopic (exact) mass is 296 g/mol. The molecule has 1 aliphatic heterocycles. The number of hydrogen-bond donors (Lipinski definition) is 1. The van der Waals surface area contributed by atoms with Crippen molar-refractivity contribution in [1.82, 2.24) is 4.90 Å². The third-order valence-corrected chi connectivity index (χ3v) is 3.83. The second kappa shape index (κ2) is 5.54. The van der Waals surface area contributed by atoms with Gasteiger partial charge in [-0.2, -0.15) is 0 Å². The van der Waals surface area contributed by atoms with Gasteiger partial charge in [-0.3, -0.25) is 4.79 Å². The predicted molar refractivity (Wildman–Crippen MR) is 72.4 cm³/mol. The average molecular weight is 297 g/mol. The summed E-state index contributed by atoms with van der Waals surface area (Å²) in [5.74, 6) is 0.268. The first-order chi connectivity index (χ1) is 8.16. The summed E-state index contributed by atoms with van der Waals surface area (Å²) in [6, 6.07) is 5.88. The molecule has 0 saturated carbocycles. The lowest BCUT2D eigenvalue weighted by Crippen LogP contribution is -2.29. The Morgan fingerprint density at radius 1 is 1.29 bits per heavy atom. The minimum atomic E-state index is 0.268. The van der Waals surface area contributed by atoms with Crippen molar-refractivity contribution < 1.29 is 4.79 Å². The molecule has 1 aromatic carbocycles. The molecule has 1 saturated heterocycles. The van der Waals surface area contributed by atoms with Crippen LogP contribution >= 0.6 is 15.9 Å². The SMILES string of the molecule is Nc1cc(CN2CCCCCC2=O)ccc1Br. The molecule has 3 nitrogen and oxygen atoms in total. The summed E-state index contributed by atoms with van der Waals surface area (Å²) in [6.45, 7) is 1.55. The largest absolute Gasteiger partial charge is 0.398 e. The van der Waals surface area contributed by atoms with Crippen LogP contribution < -0.4 is 5.73 Å². The van der Waals surface area contributed by atoms with Crippen LogP contribution in [-0.4, -0.2) is 17.4 Å². The first kappa shape index (κ1) is 12.4. The third-order valence-electron chi connectivity index (χ3n) is 3.11. The molecule has 1 heterocycles. The number of hydrogen-bond acceptors (Lipinski definition) is 2. The molecule has 0 aliphatic carbocycles. The van der Waals surface area contributed by atoms with Gasteiger partial charge >= 0.3 is 0 Å². The van der Waals surface area contributed by atoms with Gasteiger partial charge < -0.3 is 10.6 Å². The Labute approximate surface area is 110 Å². The summed E-state index contributed by atoms with van der Waals surface area (Å²) in [4.78, 5) is 13.8. The first-order valence-electron chi connectivity index (χ1n) is 5.98. The molecule has 0 spiro atoms. The Balaban J connectivity index is 2.08. The van der Waals surface area contributed by atoms with Crippen molar-refractivity contribution in [2.75, 3.05) is 12.3 Å². The topological polar surface area (TPSA) is 46.3 Å². The van der Waals surface area contributed by atoms with E-state index in [0.717, 1.165) is 41.5 Å². The number of anilines is 1. The van der Waals surface area contributed by atoms with E-state index in [1.165, 1.54) is 0 Å². The van der Waals surface area contributed by atoms with E-state index in [1.807, 2.05) is 23.1 Å². The van der Waals surface area contributed by atoms with Gasteiger partial charge in [-0.05, 0) is 46.5 Å². The van der Waals surface area contributed by atoms with Crippen LogP contribution in [0, 0.1) is 0 Å². The number of rotatable bonds is 2. The second-order valence-electron chi connectivity index (χ2n) is 4.48. The molecule has 17 heavy (non-hydrogen) atoms. The number of nitrogens with two attached hydrogens (primary N) is 1. The number of nitrogens with zero attached hydrogens (tertiary/aromatic N) is 1. The molecule has 0 bridgehead atoms. The number of benzene rings is 1. The lowest BCUT2D eigenvalue weighted by Gasteiger charge is -2.20. The lowest BCUT2D eigenvalue weighted by molar-refractivity contribution is -0.131. The zero-order valence-corrected chi connectivity index (χ0v) is 11.4. The highest BCUT2D eigenvalue weighted by Crippen LogP contribution is 2.22. The van der Waals surface area contributed by atoms with Crippen molar-refractivity contribution >= 4 is 27.5 Å². The molecule has 0 aromatic heterocycles. The summed E-state index contributed by atoms with van der Waals surface area (Å²) >= 11 is 3.37. The van der Waals surface area contributed by atoms with Gasteiger partial charge in [-0.25, -0.2) is 0 Å². The fraction of sp³-hybridized carbons (Fsp3) is 0.462. The highest BCUT2D eigenvalue weighted by Gasteiger charge is 2.16. The van der Waals surface area contributed by atoms with Gasteiger partial charge in [-0.1, -0.05) is 12.5 Å². The van der Waals surface area contributed by atoms with Crippen LogP contribution in [0.2, 0.25) is 0 Å². The maximum atomic E-state index is 11.9. The van der Waals surface area contributed by atoms with E-state index in [-0.39, 0.29) is 5.91 Å². The standard InChI is InChI=1S/C13H17BrN2O/c14-11-6-5-10(8-12(11)15)9-16-7-3-1-2-4-13(16)17/h5-6,8H,1-4,7,9,15H2. The summed E-state index contributed by atoms with van der Waals surface area (Å²) in [7, 11) is 0. The minimum absolute atomic E-state index is 0.268. The van der Waals surface area contributed by atoms with Gasteiger partial charge in [0, 0.05) is 29.7 Å². The van der Waals surface area contributed by atoms with E-state index in [2.05, 4.69) is 15.9 Å². The Hall–Kier alpha value is -1.03. The molecule has 4 heteroatoms. The fourth-order valence-corrected chi connectivity index (χ4v) is 2.36. The minimum Gasteiger partial charge on any atom is -0.398 e. The van der Waals surface area contributed by atoms with Crippen molar-refractivity contribution in [3.63, 3.8) is 0 Å². The molecule has 92 valence electrons. The Morgan fingerprint density at radius 3 is 2.88 bits per heavy atom. The molecule has 2 N–H and O–H groups in total. The van der Waals surface area contributed by atoms with Gasteiger partial charge in [0.2, 0.25) is 5.91 Å². The third kappa shape index (κ3) is 3.22. The van der Waals surface area contributed by atoms with Crippen molar-refractivity contribution in [2.24, 2.45) is 0 Å². The van der Waals surface area contributed by atoms with Crippen LogP contribution in [0.3, 0.4) is 0 Å². The molecule has 2 rings (SSSR count). The van der Waals surface area contributed by atoms with Crippen LogP contribution in [0.4, 0.5) is 5.69 Å².